The molecule has 0 saturated carbocycles. The SMILES string of the molecule is Cc1ncn(Cc2ccc(F)cc2F)c(=O)c1I. The van der Waals surface area contributed by atoms with Gasteiger partial charge in [0, 0.05) is 11.6 Å². The molecule has 0 spiro atoms. The van der Waals surface area contributed by atoms with E-state index in [0.717, 1.165) is 12.1 Å². The maximum Gasteiger partial charge on any atom is 0.267 e. The second-order valence-corrected chi connectivity index (χ2v) is 4.89. The van der Waals surface area contributed by atoms with Crippen LogP contribution in [0.4, 0.5) is 8.78 Å². The van der Waals surface area contributed by atoms with Gasteiger partial charge in [-0.25, -0.2) is 13.8 Å². The lowest BCUT2D eigenvalue weighted by molar-refractivity contribution is 0.563. The first kappa shape index (κ1) is 13.1. The van der Waals surface area contributed by atoms with E-state index in [0.29, 0.717) is 9.26 Å². The summed E-state index contributed by atoms with van der Waals surface area (Å²) in [6.07, 6.45) is 1.36. The standard InChI is InChI=1S/C12H9F2IN2O/c1-7-11(15)12(18)17(6-16-7)5-8-2-3-9(13)4-10(8)14/h2-4,6H,5H2,1H3. The molecule has 0 saturated heterocycles. The van der Waals surface area contributed by atoms with Gasteiger partial charge in [0.25, 0.3) is 5.56 Å². The maximum atomic E-state index is 13.5. The molecule has 0 N–H and O–H groups in total. The fourth-order valence-electron chi connectivity index (χ4n) is 1.49. The highest BCUT2D eigenvalue weighted by molar-refractivity contribution is 14.1. The summed E-state index contributed by atoms with van der Waals surface area (Å²) in [7, 11) is 0. The highest BCUT2D eigenvalue weighted by Gasteiger charge is 2.09. The minimum absolute atomic E-state index is 0.0359. The Bertz CT molecular complexity index is 655. The van der Waals surface area contributed by atoms with E-state index in [1.165, 1.54) is 17.0 Å². The van der Waals surface area contributed by atoms with E-state index in [-0.39, 0.29) is 17.7 Å². The Balaban J connectivity index is 2.41. The third-order valence-electron chi connectivity index (χ3n) is 2.51. The van der Waals surface area contributed by atoms with Gasteiger partial charge in [0.1, 0.15) is 11.6 Å². The highest BCUT2D eigenvalue weighted by atomic mass is 127. The summed E-state index contributed by atoms with van der Waals surface area (Å²) in [5.41, 5.74) is 0.656. The molecule has 0 aliphatic rings. The molecule has 0 atom stereocenters. The van der Waals surface area contributed by atoms with E-state index < -0.39 is 11.6 Å². The summed E-state index contributed by atoms with van der Waals surface area (Å²) >= 11 is 1.90. The molecule has 1 heterocycles. The van der Waals surface area contributed by atoms with Gasteiger partial charge in [-0.1, -0.05) is 6.07 Å². The van der Waals surface area contributed by atoms with Gasteiger partial charge in [-0.3, -0.25) is 9.36 Å². The Morgan fingerprint density at radius 1 is 1.39 bits per heavy atom. The fraction of sp³-hybridized carbons (Fsp3) is 0.167. The molecule has 0 radical (unpaired) electrons. The van der Waals surface area contributed by atoms with Crippen LogP contribution >= 0.6 is 22.6 Å². The largest absolute Gasteiger partial charge is 0.294 e. The van der Waals surface area contributed by atoms with Crippen LogP contribution in [0.3, 0.4) is 0 Å². The summed E-state index contributed by atoms with van der Waals surface area (Å²) in [4.78, 5) is 15.9. The normalized spacial score (nSPS) is 10.7. The van der Waals surface area contributed by atoms with Crippen LogP contribution in [-0.4, -0.2) is 9.55 Å². The van der Waals surface area contributed by atoms with E-state index in [4.69, 9.17) is 0 Å². The highest BCUT2D eigenvalue weighted by Crippen LogP contribution is 2.11. The molecule has 18 heavy (non-hydrogen) atoms. The number of rotatable bonds is 2. The average Bonchev–Trinajstić information content (AvgIpc) is 2.33. The van der Waals surface area contributed by atoms with Crippen LogP contribution in [0.25, 0.3) is 0 Å². The van der Waals surface area contributed by atoms with E-state index >= 15 is 0 Å². The monoisotopic (exact) mass is 362 g/mol. The van der Waals surface area contributed by atoms with Crippen LogP contribution in [0.15, 0.2) is 29.3 Å². The zero-order valence-corrected chi connectivity index (χ0v) is 11.6. The van der Waals surface area contributed by atoms with Crippen LogP contribution < -0.4 is 5.56 Å². The van der Waals surface area contributed by atoms with E-state index in [2.05, 4.69) is 4.98 Å². The van der Waals surface area contributed by atoms with Gasteiger partial charge in [0.2, 0.25) is 0 Å². The molecule has 1 aromatic carbocycles. The third kappa shape index (κ3) is 2.58. The van der Waals surface area contributed by atoms with Crippen molar-refractivity contribution in [1.82, 2.24) is 9.55 Å². The van der Waals surface area contributed by atoms with Crippen LogP contribution in [0, 0.1) is 22.1 Å². The van der Waals surface area contributed by atoms with Gasteiger partial charge in [-0.15, -0.1) is 0 Å². The van der Waals surface area contributed by atoms with Crippen molar-refractivity contribution in [3.05, 3.63) is 61.3 Å². The van der Waals surface area contributed by atoms with Gasteiger partial charge in [0.05, 0.1) is 22.1 Å². The average molecular weight is 362 g/mol. The van der Waals surface area contributed by atoms with Crippen LogP contribution in [0.5, 0.6) is 0 Å². The van der Waals surface area contributed by atoms with E-state index in [1.807, 2.05) is 22.6 Å². The predicted octanol–water partition coefficient (Wildman–Crippen LogP) is 2.48. The van der Waals surface area contributed by atoms with Crippen molar-refractivity contribution in [1.29, 1.82) is 0 Å². The number of aryl methyl sites for hydroxylation is 1. The first-order chi connectivity index (χ1) is 8.49. The summed E-state index contributed by atoms with van der Waals surface area (Å²) in [5.74, 6) is -1.31. The lowest BCUT2D eigenvalue weighted by Gasteiger charge is -2.08. The molecule has 0 bridgehead atoms. The summed E-state index contributed by atoms with van der Waals surface area (Å²) < 4.78 is 28.0. The van der Waals surface area contributed by atoms with Gasteiger partial charge in [-0.05, 0) is 35.6 Å². The van der Waals surface area contributed by atoms with Crippen molar-refractivity contribution in [2.75, 3.05) is 0 Å². The number of aromatic nitrogens is 2. The second-order valence-electron chi connectivity index (χ2n) is 3.81. The van der Waals surface area contributed by atoms with Crippen LogP contribution in [-0.2, 0) is 6.54 Å². The van der Waals surface area contributed by atoms with Crippen molar-refractivity contribution >= 4 is 22.6 Å². The minimum atomic E-state index is -0.669. The Kier molecular flexibility index (Phi) is 3.74. The molecule has 1 aromatic heterocycles. The molecule has 0 amide bonds. The quantitative estimate of drug-likeness (QED) is 0.770. The van der Waals surface area contributed by atoms with Gasteiger partial charge < -0.3 is 0 Å². The molecular formula is C12H9F2IN2O. The smallest absolute Gasteiger partial charge is 0.267 e. The van der Waals surface area contributed by atoms with E-state index in [1.54, 1.807) is 6.92 Å². The minimum Gasteiger partial charge on any atom is -0.294 e. The van der Waals surface area contributed by atoms with Crippen LogP contribution in [0.1, 0.15) is 11.3 Å². The number of hydrogen-bond donors (Lipinski definition) is 0. The van der Waals surface area contributed by atoms with Crippen molar-refractivity contribution < 1.29 is 8.78 Å². The fourth-order valence-corrected chi connectivity index (χ4v) is 1.94. The zero-order valence-electron chi connectivity index (χ0n) is 9.45. The Labute approximate surface area is 116 Å². The van der Waals surface area contributed by atoms with Gasteiger partial charge in [0.15, 0.2) is 0 Å². The zero-order chi connectivity index (χ0) is 13.3. The summed E-state index contributed by atoms with van der Waals surface area (Å²) in [6.45, 7) is 1.76. The van der Waals surface area contributed by atoms with Gasteiger partial charge >= 0.3 is 0 Å². The van der Waals surface area contributed by atoms with Crippen molar-refractivity contribution in [3.8, 4) is 0 Å². The summed E-state index contributed by atoms with van der Waals surface area (Å²) in [5, 5.41) is 0. The molecule has 0 fully saturated rings. The number of nitrogens with zero attached hydrogens (tertiary/aromatic N) is 2. The molecule has 2 aromatic rings. The topological polar surface area (TPSA) is 34.9 Å². The maximum absolute atomic E-state index is 13.5. The lowest BCUT2D eigenvalue weighted by Crippen LogP contribution is -2.24. The Hall–Kier alpha value is -1.31. The molecular weight excluding hydrogens is 353 g/mol. The van der Waals surface area contributed by atoms with E-state index in [9.17, 15) is 13.6 Å². The third-order valence-corrected chi connectivity index (χ3v) is 3.75. The number of benzene rings is 1. The van der Waals surface area contributed by atoms with Crippen LogP contribution in [0.2, 0.25) is 0 Å². The number of halogens is 3. The Morgan fingerprint density at radius 3 is 2.78 bits per heavy atom. The molecule has 0 aliphatic heterocycles. The lowest BCUT2D eigenvalue weighted by atomic mass is 10.2. The van der Waals surface area contributed by atoms with Crippen molar-refractivity contribution in [2.24, 2.45) is 0 Å². The molecule has 2 rings (SSSR count). The first-order valence-electron chi connectivity index (χ1n) is 5.14. The second kappa shape index (κ2) is 5.13. The summed E-state index contributed by atoms with van der Waals surface area (Å²) in [6, 6.07) is 3.28. The predicted molar refractivity (Wildman–Crippen MR) is 71.4 cm³/mol. The number of hydrogen-bond acceptors (Lipinski definition) is 2. The first-order valence-corrected chi connectivity index (χ1v) is 6.22. The molecule has 3 nitrogen and oxygen atoms in total. The molecule has 6 heteroatoms. The molecule has 0 aliphatic carbocycles. The van der Waals surface area contributed by atoms with Crippen molar-refractivity contribution in [3.63, 3.8) is 0 Å². The molecule has 94 valence electrons. The molecule has 0 unspecified atom stereocenters. The van der Waals surface area contributed by atoms with Gasteiger partial charge in [-0.2, -0.15) is 0 Å². The Morgan fingerprint density at radius 2 is 2.11 bits per heavy atom. The van der Waals surface area contributed by atoms with Crippen molar-refractivity contribution in [2.45, 2.75) is 13.5 Å².